The van der Waals surface area contributed by atoms with E-state index in [1.807, 2.05) is 55.6 Å². The average molecular weight is 329 g/mol. The monoisotopic (exact) mass is 328 g/mol. The molecule has 3 rings (SSSR count). The van der Waals surface area contributed by atoms with Gasteiger partial charge in [0, 0.05) is 29.9 Å². The third-order valence-corrected chi connectivity index (χ3v) is 3.22. The lowest BCUT2D eigenvalue weighted by molar-refractivity contribution is -0.106. The molecule has 3 aromatic rings. The standard InChI is InChI=1S/C15H13ClN4.C2H4O/c1-17-15-10-13(11-5-7-12(16)8-6-11)19-20(15)14-4-2-3-9-18-14;1-2-3/h2-10,17H,1H3;2H,1H3. The summed E-state index contributed by atoms with van der Waals surface area (Å²) in [5, 5.41) is 8.44. The van der Waals surface area contributed by atoms with Crippen molar-refractivity contribution in [3.63, 3.8) is 0 Å². The topological polar surface area (TPSA) is 59.8 Å². The van der Waals surface area contributed by atoms with Gasteiger partial charge < -0.3 is 10.1 Å². The third-order valence-electron chi connectivity index (χ3n) is 2.97. The number of anilines is 1. The number of halogens is 1. The maximum Gasteiger partial charge on any atom is 0.155 e. The Hall–Kier alpha value is -2.66. The van der Waals surface area contributed by atoms with Gasteiger partial charge in [0.15, 0.2) is 5.82 Å². The molecule has 2 aromatic heterocycles. The fourth-order valence-electron chi connectivity index (χ4n) is 1.97. The number of rotatable bonds is 3. The van der Waals surface area contributed by atoms with Gasteiger partial charge in [0.2, 0.25) is 0 Å². The lowest BCUT2D eigenvalue weighted by atomic mass is 10.1. The van der Waals surface area contributed by atoms with E-state index < -0.39 is 0 Å². The summed E-state index contributed by atoms with van der Waals surface area (Å²) in [6.45, 7) is 1.44. The summed E-state index contributed by atoms with van der Waals surface area (Å²) < 4.78 is 1.78. The molecule has 0 amide bonds. The predicted molar refractivity (Wildman–Crippen MR) is 93.1 cm³/mol. The molecule has 0 aliphatic carbocycles. The molecule has 1 aromatic carbocycles. The molecular weight excluding hydrogens is 312 g/mol. The van der Waals surface area contributed by atoms with Crippen molar-refractivity contribution in [2.45, 2.75) is 6.92 Å². The van der Waals surface area contributed by atoms with Crippen LogP contribution in [0.1, 0.15) is 6.92 Å². The third kappa shape index (κ3) is 4.17. The number of benzene rings is 1. The van der Waals surface area contributed by atoms with E-state index in [4.69, 9.17) is 16.4 Å². The number of nitrogens with one attached hydrogen (secondary N) is 1. The molecule has 0 fully saturated rings. The summed E-state index contributed by atoms with van der Waals surface area (Å²) in [4.78, 5) is 13.1. The molecule has 5 nitrogen and oxygen atoms in total. The van der Waals surface area contributed by atoms with Crippen LogP contribution in [-0.4, -0.2) is 28.1 Å². The number of carbonyl (C=O) groups is 1. The van der Waals surface area contributed by atoms with Crippen molar-refractivity contribution in [2.75, 3.05) is 12.4 Å². The number of nitrogens with zero attached hydrogens (tertiary/aromatic N) is 3. The number of aldehydes is 1. The highest BCUT2D eigenvalue weighted by Crippen LogP contribution is 2.24. The fraction of sp³-hybridized carbons (Fsp3) is 0.118. The van der Waals surface area contributed by atoms with Gasteiger partial charge in [0.05, 0.1) is 5.69 Å². The van der Waals surface area contributed by atoms with Crippen LogP contribution in [0, 0.1) is 0 Å². The summed E-state index contributed by atoms with van der Waals surface area (Å²) in [6, 6.07) is 15.3. The lowest BCUT2D eigenvalue weighted by Gasteiger charge is -2.04. The highest BCUT2D eigenvalue weighted by atomic mass is 35.5. The van der Waals surface area contributed by atoms with E-state index in [9.17, 15) is 0 Å². The molecule has 0 aliphatic rings. The second-order valence-corrected chi connectivity index (χ2v) is 4.94. The first-order chi connectivity index (χ1) is 11.2. The number of pyridine rings is 1. The molecule has 0 saturated heterocycles. The van der Waals surface area contributed by atoms with Crippen LogP contribution in [0.5, 0.6) is 0 Å². The fourth-order valence-corrected chi connectivity index (χ4v) is 2.10. The summed E-state index contributed by atoms with van der Waals surface area (Å²) in [5.41, 5.74) is 1.89. The van der Waals surface area contributed by atoms with Gasteiger partial charge in [-0.25, -0.2) is 4.98 Å². The van der Waals surface area contributed by atoms with Crippen molar-refractivity contribution in [1.82, 2.24) is 14.8 Å². The Kier molecular flexibility index (Phi) is 5.88. The quantitative estimate of drug-likeness (QED) is 0.742. The Balaban J connectivity index is 0.000000595. The van der Waals surface area contributed by atoms with Gasteiger partial charge in [-0.05, 0) is 31.2 Å². The molecule has 0 atom stereocenters. The first kappa shape index (κ1) is 16.7. The summed E-state index contributed by atoms with van der Waals surface area (Å²) >= 11 is 5.91. The Morgan fingerprint density at radius 1 is 1.17 bits per heavy atom. The van der Waals surface area contributed by atoms with Crippen LogP contribution < -0.4 is 5.32 Å². The van der Waals surface area contributed by atoms with Crippen molar-refractivity contribution < 1.29 is 4.79 Å². The van der Waals surface area contributed by atoms with Crippen molar-refractivity contribution in [2.24, 2.45) is 0 Å². The molecule has 6 heteroatoms. The zero-order valence-corrected chi connectivity index (χ0v) is 13.7. The van der Waals surface area contributed by atoms with Crippen LogP contribution in [-0.2, 0) is 4.79 Å². The zero-order chi connectivity index (χ0) is 16.7. The van der Waals surface area contributed by atoms with Gasteiger partial charge in [-0.2, -0.15) is 9.78 Å². The van der Waals surface area contributed by atoms with Gasteiger partial charge in [-0.3, -0.25) is 0 Å². The summed E-state index contributed by atoms with van der Waals surface area (Å²) in [6.07, 6.45) is 2.50. The largest absolute Gasteiger partial charge is 0.373 e. The van der Waals surface area contributed by atoms with Gasteiger partial charge in [0.1, 0.15) is 12.1 Å². The maximum absolute atomic E-state index is 8.81. The van der Waals surface area contributed by atoms with Crippen LogP contribution in [0.3, 0.4) is 0 Å². The molecule has 0 unspecified atom stereocenters. The normalized spacial score (nSPS) is 9.70. The summed E-state index contributed by atoms with van der Waals surface area (Å²) in [5.74, 6) is 1.66. The molecule has 0 aliphatic heterocycles. The predicted octanol–water partition coefficient (Wildman–Crippen LogP) is 3.83. The molecule has 118 valence electrons. The second kappa shape index (κ2) is 8.10. The highest BCUT2D eigenvalue weighted by molar-refractivity contribution is 6.30. The maximum atomic E-state index is 8.81. The van der Waals surface area contributed by atoms with Crippen LogP contribution in [0.4, 0.5) is 5.82 Å². The van der Waals surface area contributed by atoms with E-state index in [1.54, 1.807) is 10.9 Å². The number of hydrogen-bond acceptors (Lipinski definition) is 4. The molecule has 23 heavy (non-hydrogen) atoms. The van der Waals surface area contributed by atoms with Crippen molar-refractivity contribution in [1.29, 1.82) is 0 Å². The zero-order valence-electron chi connectivity index (χ0n) is 12.9. The highest BCUT2D eigenvalue weighted by Gasteiger charge is 2.10. The van der Waals surface area contributed by atoms with E-state index in [-0.39, 0.29) is 0 Å². The first-order valence-electron chi connectivity index (χ1n) is 7.04. The van der Waals surface area contributed by atoms with E-state index in [0.717, 1.165) is 29.2 Å². The molecule has 2 heterocycles. The SMILES string of the molecule is CC=O.CNc1cc(-c2ccc(Cl)cc2)nn1-c1ccccn1. The molecular formula is C17H17ClN4O. The van der Waals surface area contributed by atoms with E-state index in [0.29, 0.717) is 5.02 Å². The van der Waals surface area contributed by atoms with E-state index >= 15 is 0 Å². The van der Waals surface area contributed by atoms with Crippen molar-refractivity contribution in [3.05, 3.63) is 59.8 Å². The summed E-state index contributed by atoms with van der Waals surface area (Å²) in [7, 11) is 1.86. The van der Waals surface area contributed by atoms with E-state index in [1.165, 1.54) is 6.92 Å². The average Bonchev–Trinajstić information content (AvgIpc) is 3.01. The molecule has 0 spiro atoms. The van der Waals surface area contributed by atoms with Crippen LogP contribution in [0.25, 0.3) is 17.1 Å². The van der Waals surface area contributed by atoms with Gasteiger partial charge >= 0.3 is 0 Å². The minimum Gasteiger partial charge on any atom is -0.373 e. The van der Waals surface area contributed by atoms with Crippen molar-refractivity contribution in [3.8, 4) is 17.1 Å². The van der Waals surface area contributed by atoms with Gasteiger partial charge in [0.25, 0.3) is 0 Å². The van der Waals surface area contributed by atoms with Crippen LogP contribution in [0.2, 0.25) is 5.02 Å². The van der Waals surface area contributed by atoms with Gasteiger partial charge in [-0.15, -0.1) is 0 Å². The smallest absolute Gasteiger partial charge is 0.155 e. The van der Waals surface area contributed by atoms with E-state index in [2.05, 4.69) is 15.4 Å². The van der Waals surface area contributed by atoms with Crippen LogP contribution in [0.15, 0.2) is 54.7 Å². The van der Waals surface area contributed by atoms with Crippen molar-refractivity contribution >= 4 is 23.7 Å². The number of carbonyl (C=O) groups excluding carboxylic acids is 1. The second-order valence-electron chi connectivity index (χ2n) is 4.51. The Labute approximate surface area is 139 Å². The van der Waals surface area contributed by atoms with Crippen LogP contribution >= 0.6 is 11.6 Å². The minimum absolute atomic E-state index is 0.715. The molecule has 0 saturated carbocycles. The van der Waals surface area contributed by atoms with Gasteiger partial charge in [-0.1, -0.05) is 29.8 Å². The minimum atomic E-state index is 0.715. The Morgan fingerprint density at radius 3 is 2.43 bits per heavy atom. The number of hydrogen-bond donors (Lipinski definition) is 1. The molecule has 0 radical (unpaired) electrons. The Morgan fingerprint density at radius 2 is 1.87 bits per heavy atom. The molecule has 1 N–H and O–H groups in total. The molecule has 0 bridgehead atoms. The Bertz CT molecular complexity index is 754. The lowest BCUT2D eigenvalue weighted by Crippen LogP contribution is -2.03. The number of aromatic nitrogens is 3. The first-order valence-corrected chi connectivity index (χ1v) is 7.42.